The monoisotopic (exact) mass is 529 g/mol. The maximum atomic E-state index is 13.5. The Labute approximate surface area is 205 Å². The van der Waals surface area contributed by atoms with Crippen LogP contribution in [-0.4, -0.2) is 59.5 Å². The molecule has 1 saturated heterocycles. The predicted octanol–water partition coefficient (Wildman–Crippen LogP) is 3.12. The van der Waals surface area contributed by atoms with Gasteiger partial charge < -0.3 is 14.8 Å². The molecule has 4 heterocycles. The summed E-state index contributed by atoms with van der Waals surface area (Å²) in [6, 6.07) is 3.94. The number of amides is 1. The Morgan fingerprint density at radius 2 is 1.94 bits per heavy atom. The zero-order valence-electron chi connectivity index (χ0n) is 19.4. The van der Waals surface area contributed by atoms with E-state index in [9.17, 15) is 26.6 Å². The Bertz CT molecular complexity index is 1300. The molecular formula is C22H23F4N5O4S. The molecule has 0 spiro atoms. The molecule has 1 aliphatic rings. The van der Waals surface area contributed by atoms with Crippen LogP contribution in [0.25, 0.3) is 5.65 Å². The van der Waals surface area contributed by atoms with E-state index in [4.69, 9.17) is 4.74 Å². The number of ether oxygens (including phenoxy) is 2. The summed E-state index contributed by atoms with van der Waals surface area (Å²) < 4.78 is 74.5. The van der Waals surface area contributed by atoms with Gasteiger partial charge in [-0.25, -0.2) is 13.9 Å². The van der Waals surface area contributed by atoms with Gasteiger partial charge in [0.25, 0.3) is 5.91 Å². The highest BCUT2D eigenvalue weighted by Gasteiger charge is 2.32. The largest absolute Gasteiger partial charge is 0.485 e. The molecule has 0 aliphatic carbocycles. The number of carbonyl (C=O) groups excluding carboxylic acids is 1. The van der Waals surface area contributed by atoms with Gasteiger partial charge in [0.15, 0.2) is 12.3 Å². The fourth-order valence-electron chi connectivity index (χ4n) is 3.65. The molecule has 0 unspecified atom stereocenters. The number of hydrogen-bond acceptors (Lipinski definition) is 7. The van der Waals surface area contributed by atoms with Crippen LogP contribution in [0, 0.1) is 12.7 Å². The minimum atomic E-state index is -4.60. The molecule has 0 atom stereocenters. The summed E-state index contributed by atoms with van der Waals surface area (Å²) in [7, 11) is -0.870. The minimum absolute atomic E-state index is 0.0274. The first kappa shape index (κ1) is 25.8. The summed E-state index contributed by atoms with van der Waals surface area (Å²) in [5, 5.41) is 7.19. The smallest absolute Gasteiger partial charge is 0.422 e. The van der Waals surface area contributed by atoms with Crippen molar-refractivity contribution in [2.75, 3.05) is 18.1 Å². The van der Waals surface area contributed by atoms with Gasteiger partial charge in [-0.05, 0) is 38.8 Å². The number of fused-ring (bicyclic) bond motifs is 1. The van der Waals surface area contributed by atoms with E-state index < -0.39 is 40.8 Å². The molecular weight excluding hydrogens is 506 g/mol. The number of nitrogens with one attached hydrogen (secondary N) is 1. The maximum Gasteiger partial charge on any atom is 0.422 e. The average Bonchev–Trinajstić information content (AvgIpc) is 3.25. The number of aromatic nitrogens is 4. The van der Waals surface area contributed by atoms with Crippen molar-refractivity contribution in [3.63, 3.8) is 0 Å². The molecule has 1 amide bonds. The van der Waals surface area contributed by atoms with Crippen molar-refractivity contribution in [2.45, 2.75) is 45.0 Å². The van der Waals surface area contributed by atoms with Gasteiger partial charge in [0, 0.05) is 33.9 Å². The lowest BCUT2D eigenvalue weighted by atomic mass is 9.95. The molecule has 14 heteroatoms. The van der Waals surface area contributed by atoms with E-state index in [1.54, 1.807) is 19.1 Å². The van der Waals surface area contributed by atoms with E-state index in [1.807, 2.05) is 6.92 Å². The molecule has 3 aromatic heterocycles. The first-order valence-electron chi connectivity index (χ1n) is 10.9. The second kappa shape index (κ2) is 9.99. The number of aryl methyl sites for hydroxylation is 1. The number of carbonyl (C=O) groups is 1. The number of alkyl halides is 3. The molecule has 0 bridgehead atoms. The van der Waals surface area contributed by atoms with E-state index >= 15 is 0 Å². The molecule has 1 N–H and O–H groups in total. The summed E-state index contributed by atoms with van der Waals surface area (Å²) in [6.07, 6.45) is -2.58. The number of hydrogen-bond donors (Lipinski definition) is 1. The Morgan fingerprint density at radius 1 is 1.22 bits per heavy atom. The lowest BCUT2D eigenvalue weighted by Crippen LogP contribution is -2.50. The maximum absolute atomic E-state index is 13.5. The Hall–Kier alpha value is -3.29. The van der Waals surface area contributed by atoms with Crippen molar-refractivity contribution in [2.24, 2.45) is 0 Å². The van der Waals surface area contributed by atoms with Crippen LogP contribution < -0.4 is 14.8 Å². The molecule has 0 aromatic carbocycles. The first-order chi connectivity index (χ1) is 16.9. The van der Waals surface area contributed by atoms with Crippen molar-refractivity contribution < 1.29 is 36.0 Å². The van der Waals surface area contributed by atoms with Gasteiger partial charge in [0.1, 0.15) is 29.6 Å². The molecule has 36 heavy (non-hydrogen) atoms. The van der Waals surface area contributed by atoms with Crippen molar-refractivity contribution >= 4 is 22.4 Å². The number of halogens is 4. The van der Waals surface area contributed by atoms with Crippen LogP contribution in [0.3, 0.4) is 0 Å². The molecule has 1 aliphatic heterocycles. The summed E-state index contributed by atoms with van der Waals surface area (Å²) >= 11 is 0. The molecule has 4 rings (SSSR count). The molecule has 194 valence electrons. The van der Waals surface area contributed by atoms with Gasteiger partial charge in [0.05, 0.1) is 11.9 Å². The van der Waals surface area contributed by atoms with Crippen LogP contribution in [0.4, 0.5) is 17.6 Å². The zero-order chi connectivity index (χ0) is 26.1. The quantitative estimate of drug-likeness (QED) is 0.469. The highest BCUT2D eigenvalue weighted by atomic mass is 32.2. The van der Waals surface area contributed by atoms with Crippen molar-refractivity contribution in [3.05, 3.63) is 47.4 Å². The van der Waals surface area contributed by atoms with Crippen LogP contribution in [0.2, 0.25) is 0 Å². The van der Waals surface area contributed by atoms with Gasteiger partial charge in [-0.2, -0.15) is 13.2 Å². The van der Waals surface area contributed by atoms with Gasteiger partial charge in [0.2, 0.25) is 5.82 Å². The van der Waals surface area contributed by atoms with Crippen molar-refractivity contribution in [1.29, 1.82) is 0 Å². The summed E-state index contributed by atoms with van der Waals surface area (Å²) in [6.45, 7) is 1.65. The Morgan fingerprint density at radius 3 is 2.64 bits per heavy atom. The van der Waals surface area contributed by atoms with Gasteiger partial charge in [-0.15, -0.1) is 5.10 Å². The fourth-order valence-corrected chi connectivity index (χ4v) is 5.21. The zero-order valence-corrected chi connectivity index (χ0v) is 20.2. The topological polar surface area (TPSA) is 108 Å². The Kier molecular flexibility index (Phi) is 7.16. The lowest BCUT2D eigenvalue weighted by Gasteiger charge is -2.33. The SMILES string of the molecule is Cc1c(OCc2ncc(F)cc2OCC(F)(F)F)ccc2nc(C(=O)NC3(C)CCS(=O)CC3)nn12. The average molecular weight is 530 g/mol. The second-order valence-corrected chi connectivity index (χ2v) is 10.3. The van der Waals surface area contributed by atoms with E-state index in [0.29, 0.717) is 41.4 Å². The molecule has 1 fully saturated rings. The van der Waals surface area contributed by atoms with E-state index in [1.165, 1.54) is 4.52 Å². The molecule has 0 radical (unpaired) electrons. The minimum Gasteiger partial charge on any atom is -0.485 e. The van der Waals surface area contributed by atoms with Gasteiger partial charge in [-0.1, -0.05) is 0 Å². The molecule has 9 nitrogen and oxygen atoms in total. The standard InChI is InChI=1S/C22H23F4N5O4S/c1-13-16(34-11-15-17(9-14(23)10-27-15)35-12-22(24,25)26)3-4-18-28-19(30-31(13)18)20(32)29-21(2)5-7-36(33)8-6-21/h3-4,9-10H,5-8,11-12H2,1-2H3,(H,29,32). The summed E-state index contributed by atoms with van der Waals surface area (Å²) in [4.78, 5) is 20.8. The van der Waals surface area contributed by atoms with Crippen LogP contribution in [0.15, 0.2) is 24.4 Å². The Balaban J connectivity index is 1.49. The molecule has 3 aromatic rings. The normalized spacial score (nSPS) is 20.3. The second-order valence-electron chi connectivity index (χ2n) is 8.64. The van der Waals surface area contributed by atoms with Crippen molar-refractivity contribution in [1.82, 2.24) is 24.9 Å². The van der Waals surface area contributed by atoms with Crippen LogP contribution in [0.5, 0.6) is 11.5 Å². The fraction of sp³-hybridized carbons (Fsp3) is 0.455. The highest BCUT2D eigenvalue weighted by molar-refractivity contribution is 7.85. The summed E-state index contributed by atoms with van der Waals surface area (Å²) in [5.74, 6) is -0.414. The number of pyridine rings is 2. The van der Waals surface area contributed by atoms with E-state index in [2.05, 4.69) is 25.1 Å². The first-order valence-corrected chi connectivity index (χ1v) is 12.4. The number of nitrogens with zero attached hydrogens (tertiary/aromatic N) is 4. The van der Waals surface area contributed by atoms with Gasteiger partial charge in [-0.3, -0.25) is 14.0 Å². The van der Waals surface area contributed by atoms with Crippen LogP contribution in [0.1, 0.15) is 41.8 Å². The summed E-state index contributed by atoms with van der Waals surface area (Å²) in [5.41, 5.74) is 0.326. The van der Waals surface area contributed by atoms with Crippen molar-refractivity contribution in [3.8, 4) is 11.5 Å². The van der Waals surface area contributed by atoms with E-state index in [0.717, 1.165) is 12.3 Å². The van der Waals surface area contributed by atoms with Crippen LogP contribution >= 0.6 is 0 Å². The highest BCUT2D eigenvalue weighted by Crippen LogP contribution is 2.26. The third-order valence-corrected chi connectivity index (χ3v) is 7.04. The predicted molar refractivity (Wildman–Crippen MR) is 121 cm³/mol. The molecule has 0 saturated carbocycles. The number of rotatable bonds is 7. The third kappa shape index (κ3) is 6.09. The van der Waals surface area contributed by atoms with Gasteiger partial charge >= 0.3 is 6.18 Å². The third-order valence-electron chi connectivity index (χ3n) is 5.72. The van der Waals surface area contributed by atoms with Crippen LogP contribution in [-0.2, 0) is 17.4 Å². The van der Waals surface area contributed by atoms with E-state index in [-0.39, 0.29) is 23.9 Å². The lowest BCUT2D eigenvalue weighted by molar-refractivity contribution is -0.153.